The lowest BCUT2D eigenvalue weighted by Gasteiger charge is -1.89. The van der Waals surface area contributed by atoms with Gasteiger partial charge in [0.2, 0.25) is 0 Å². The molecule has 0 amide bonds. The van der Waals surface area contributed by atoms with Gasteiger partial charge in [-0.05, 0) is 34.8 Å². The van der Waals surface area contributed by atoms with E-state index in [4.69, 9.17) is 0 Å². The van der Waals surface area contributed by atoms with Crippen molar-refractivity contribution >= 4 is 25.3 Å². The molecule has 0 fully saturated rings. The molecule has 1 aromatic carbocycles. The van der Waals surface area contributed by atoms with E-state index >= 15 is 0 Å². The SMILES string of the molecule is SC#Cc1ccc(C#CS)cc1. The van der Waals surface area contributed by atoms with Crippen LogP contribution in [-0.4, -0.2) is 0 Å². The van der Waals surface area contributed by atoms with E-state index in [0.717, 1.165) is 11.1 Å². The molecule has 0 aliphatic carbocycles. The molecule has 0 N–H and O–H groups in total. The number of benzene rings is 1. The Kier molecular flexibility index (Phi) is 3.67. The smallest absolute Gasteiger partial charge is 0.0255 e. The quantitative estimate of drug-likeness (QED) is 0.454. The predicted octanol–water partition coefficient (Wildman–Crippen LogP) is 2.16. The van der Waals surface area contributed by atoms with Gasteiger partial charge in [0.1, 0.15) is 0 Å². The van der Waals surface area contributed by atoms with E-state index in [1.54, 1.807) is 0 Å². The van der Waals surface area contributed by atoms with E-state index in [1.165, 1.54) is 0 Å². The van der Waals surface area contributed by atoms with Crippen LogP contribution in [0.25, 0.3) is 0 Å². The molecule has 2 heteroatoms. The third kappa shape index (κ3) is 2.58. The topological polar surface area (TPSA) is 0 Å². The molecule has 0 radical (unpaired) electrons. The summed E-state index contributed by atoms with van der Waals surface area (Å²) in [5.74, 6) is 5.65. The lowest BCUT2D eigenvalue weighted by molar-refractivity contribution is 1.61. The van der Waals surface area contributed by atoms with Crippen LogP contribution in [0.4, 0.5) is 0 Å². The van der Waals surface area contributed by atoms with Gasteiger partial charge in [0, 0.05) is 11.1 Å². The monoisotopic (exact) mass is 190 g/mol. The summed E-state index contributed by atoms with van der Waals surface area (Å²) in [7, 11) is 0. The lowest BCUT2D eigenvalue weighted by Crippen LogP contribution is -1.75. The Labute approximate surface area is 83.2 Å². The average Bonchev–Trinajstić information content (AvgIpc) is 2.09. The van der Waals surface area contributed by atoms with Crippen LogP contribution in [0.5, 0.6) is 0 Å². The second-order valence-corrected chi connectivity index (χ2v) is 2.50. The van der Waals surface area contributed by atoms with E-state index in [-0.39, 0.29) is 0 Å². The van der Waals surface area contributed by atoms with E-state index < -0.39 is 0 Å². The minimum atomic E-state index is 0.940. The van der Waals surface area contributed by atoms with Crippen LogP contribution < -0.4 is 0 Å². The summed E-state index contributed by atoms with van der Waals surface area (Å²) in [5, 5.41) is 5.06. The molecule has 0 unspecified atom stereocenters. The number of thiol groups is 2. The highest BCUT2D eigenvalue weighted by Crippen LogP contribution is 2.01. The zero-order valence-electron chi connectivity index (χ0n) is 6.20. The molecule has 0 aliphatic rings. The van der Waals surface area contributed by atoms with Crippen molar-refractivity contribution in [1.82, 2.24) is 0 Å². The molecule has 1 rings (SSSR count). The van der Waals surface area contributed by atoms with Crippen LogP contribution in [0.3, 0.4) is 0 Å². The first-order valence-electron chi connectivity index (χ1n) is 3.27. The predicted molar refractivity (Wildman–Crippen MR) is 58.2 cm³/mol. The molecular formula is C10H6S2. The van der Waals surface area contributed by atoms with Gasteiger partial charge in [-0.2, -0.15) is 0 Å². The van der Waals surface area contributed by atoms with Crippen LogP contribution in [0.15, 0.2) is 24.3 Å². The fraction of sp³-hybridized carbons (Fsp3) is 0. The van der Waals surface area contributed by atoms with Crippen molar-refractivity contribution in [2.24, 2.45) is 0 Å². The maximum atomic E-state index is 3.80. The van der Waals surface area contributed by atoms with Crippen molar-refractivity contribution in [1.29, 1.82) is 0 Å². The summed E-state index contributed by atoms with van der Waals surface area (Å²) >= 11 is 7.60. The first-order chi connectivity index (χ1) is 5.86. The van der Waals surface area contributed by atoms with Crippen molar-refractivity contribution < 1.29 is 0 Å². The maximum Gasteiger partial charge on any atom is 0.0255 e. The largest absolute Gasteiger partial charge is 0.0918 e. The van der Waals surface area contributed by atoms with E-state index in [1.807, 2.05) is 24.3 Å². The van der Waals surface area contributed by atoms with Crippen LogP contribution >= 0.6 is 25.3 Å². The normalized spacial score (nSPS) is 7.50. The zero-order chi connectivity index (χ0) is 8.81. The molecule has 0 aromatic heterocycles. The van der Waals surface area contributed by atoms with Crippen LogP contribution in [-0.2, 0) is 0 Å². The van der Waals surface area contributed by atoms with Crippen molar-refractivity contribution in [2.45, 2.75) is 0 Å². The highest BCUT2D eigenvalue weighted by atomic mass is 32.1. The van der Waals surface area contributed by atoms with Gasteiger partial charge >= 0.3 is 0 Å². The third-order valence-electron chi connectivity index (χ3n) is 1.29. The highest BCUT2D eigenvalue weighted by Gasteiger charge is 1.86. The molecule has 0 saturated heterocycles. The van der Waals surface area contributed by atoms with Crippen LogP contribution in [0.1, 0.15) is 11.1 Å². The molecule has 12 heavy (non-hydrogen) atoms. The minimum Gasteiger partial charge on any atom is -0.0918 e. The first-order valence-corrected chi connectivity index (χ1v) is 4.16. The van der Waals surface area contributed by atoms with Crippen LogP contribution in [0, 0.1) is 22.3 Å². The Morgan fingerprint density at radius 2 is 1.08 bits per heavy atom. The zero-order valence-corrected chi connectivity index (χ0v) is 7.99. The summed E-state index contributed by atoms with van der Waals surface area (Å²) in [6.07, 6.45) is 0. The summed E-state index contributed by atoms with van der Waals surface area (Å²) < 4.78 is 0. The fourth-order valence-corrected chi connectivity index (χ4v) is 1.02. The molecule has 0 bridgehead atoms. The molecule has 0 nitrogen and oxygen atoms in total. The molecule has 0 spiro atoms. The summed E-state index contributed by atoms with van der Waals surface area (Å²) in [6, 6.07) is 7.60. The summed E-state index contributed by atoms with van der Waals surface area (Å²) in [4.78, 5) is 0. The second kappa shape index (κ2) is 4.83. The molecular weight excluding hydrogens is 184 g/mol. The van der Waals surface area contributed by atoms with Gasteiger partial charge in [0.15, 0.2) is 0 Å². The third-order valence-corrected chi connectivity index (χ3v) is 1.51. The van der Waals surface area contributed by atoms with E-state index in [2.05, 4.69) is 47.6 Å². The average molecular weight is 190 g/mol. The second-order valence-electron chi connectivity index (χ2n) is 2.05. The number of rotatable bonds is 0. The fourth-order valence-electron chi connectivity index (χ4n) is 0.766. The molecule has 1 aromatic rings. The van der Waals surface area contributed by atoms with Gasteiger partial charge in [0.25, 0.3) is 0 Å². The molecule has 0 heterocycles. The molecule has 0 saturated carbocycles. The van der Waals surface area contributed by atoms with Crippen molar-refractivity contribution in [3.05, 3.63) is 35.4 Å². The Hall–Kier alpha value is -0.960. The van der Waals surface area contributed by atoms with Gasteiger partial charge < -0.3 is 0 Å². The Bertz CT molecular complexity index is 329. The van der Waals surface area contributed by atoms with Gasteiger partial charge in [-0.15, -0.1) is 0 Å². The van der Waals surface area contributed by atoms with E-state index in [9.17, 15) is 0 Å². The van der Waals surface area contributed by atoms with Crippen LogP contribution in [0.2, 0.25) is 0 Å². The molecule has 0 aliphatic heterocycles. The summed E-state index contributed by atoms with van der Waals surface area (Å²) in [5.41, 5.74) is 1.88. The highest BCUT2D eigenvalue weighted by molar-refractivity contribution is 7.85. The Morgan fingerprint density at radius 1 is 0.750 bits per heavy atom. The van der Waals surface area contributed by atoms with Gasteiger partial charge in [0.05, 0.1) is 0 Å². The first kappa shape index (κ1) is 9.13. The van der Waals surface area contributed by atoms with E-state index in [0.29, 0.717) is 0 Å². The van der Waals surface area contributed by atoms with Gasteiger partial charge in [-0.25, -0.2) is 0 Å². The minimum absolute atomic E-state index is 0.940. The lowest BCUT2D eigenvalue weighted by atomic mass is 10.1. The van der Waals surface area contributed by atoms with Crippen molar-refractivity contribution in [2.75, 3.05) is 0 Å². The van der Waals surface area contributed by atoms with Crippen molar-refractivity contribution in [3.8, 4) is 22.3 Å². The van der Waals surface area contributed by atoms with Gasteiger partial charge in [-0.1, -0.05) is 37.1 Å². The Morgan fingerprint density at radius 3 is 1.33 bits per heavy atom. The standard InChI is InChI=1S/C10H6S2/c11-7-5-9-1-2-10(4-3-9)6-8-12/h1-4,11-12H. The molecule has 0 atom stereocenters. The van der Waals surface area contributed by atoms with Crippen molar-refractivity contribution in [3.63, 3.8) is 0 Å². The van der Waals surface area contributed by atoms with Gasteiger partial charge in [-0.3, -0.25) is 0 Å². The summed E-state index contributed by atoms with van der Waals surface area (Å²) in [6.45, 7) is 0. The maximum absolute atomic E-state index is 3.80. The Balaban J connectivity index is 2.95. The number of hydrogen-bond acceptors (Lipinski definition) is 2. The number of hydrogen-bond donors (Lipinski definition) is 2. The molecule has 58 valence electrons.